The second-order valence-electron chi connectivity index (χ2n) is 25.9. The Bertz CT molecular complexity index is 2320. The fourth-order valence-corrected chi connectivity index (χ4v) is 11.8. The van der Waals surface area contributed by atoms with Crippen LogP contribution >= 0.6 is 15.6 Å². The Morgan fingerprint density at radius 3 is 0.840 bits per heavy atom. The second kappa shape index (κ2) is 73.0. The summed E-state index contributed by atoms with van der Waals surface area (Å²) in [4.78, 5) is 72.8. The molecule has 0 amide bonds. The maximum atomic E-state index is 13.1. The normalized spacial score (nSPS) is 14.5. The molecular formula is C81H140O17P2. The molecule has 576 valence electrons. The number of aliphatic hydroxyl groups is 1. The molecule has 0 saturated heterocycles. The van der Waals surface area contributed by atoms with Crippen LogP contribution in [0.1, 0.15) is 323 Å². The molecule has 0 aromatic heterocycles. The SMILES string of the molecule is CCCCC/C=C\C/C=C\C/C=C\C/C=C\CCCC(=O)OC[C@H](COP(=O)(O)OC[C@@H](O)COP(=O)(O)OC[C@@H](COC(=O)CCCCCCC/C=C\CCCCCC)OC(=O)CCCCCCCCCCCCCCC)OC(=O)CCC/C=C\C/C=C\C/C=C\C/C=C\CCCCC. The molecule has 0 aliphatic heterocycles. The summed E-state index contributed by atoms with van der Waals surface area (Å²) in [6, 6.07) is 0. The first-order valence-electron chi connectivity index (χ1n) is 39.1. The Balaban J connectivity index is 5.45. The number of carbonyl (C=O) groups is 4. The number of phosphoric acid groups is 2. The molecule has 19 heteroatoms. The lowest BCUT2D eigenvalue weighted by Gasteiger charge is -2.21. The van der Waals surface area contributed by atoms with Crippen molar-refractivity contribution in [2.24, 2.45) is 0 Å². The summed E-state index contributed by atoms with van der Waals surface area (Å²) in [5, 5.41) is 10.6. The topological polar surface area (TPSA) is 237 Å². The van der Waals surface area contributed by atoms with Gasteiger partial charge in [0.15, 0.2) is 12.2 Å². The molecule has 0 bridgehead atoms. The van der Waals surface area contributed by atoms with E-state index in [9.17, 15) is 43.2 Å². The third-order valence-corrected chi connectivity index (χ3v) is 18.1. The minimum absolute atomic E-state index is 0.00642. The van der Waals surface area contributed by atoms with Gasteiger partial charge in [0.2, 0.25) is 0 Å². The zero-order chi connectivity index (χ0) is 73.2. The number of aliphatic hydroxyl groups excluding tert-OH is 1. The highest BCUT2D eigenvalue weighted by atomic mass is 31.2. The van der Waals surface area contributed by atoms with Crippen molar-refractivity contribution in [2.45, 2.75) is 341 Å². The average Bonchev–Trinajstić information content (AvgIpc) is 1.15. The number of phosphoric ester groups is 2. The minimum atomic E-state index is -5.00. The Morgan fingerprint density at radius 2 is 0.500 bits per heavy atom. The van der Waals surface area contributed by atoms with Crippen LogP contribution in [-0.2, 0) is 65.4 Å². The van der Waals surface area contributed by atoms with Crippen molar-refractivity contribution in [3.8, 4) is 0 Å². The van der Waals surface area contributed by atoms with Gasteiger partial charge in [0.1, 0.15) is 19.3 Å². The van der Waals surface area contributed by atoms with Crippen LogP contribution in [0.2, 0.25) is 0 Å². The van der Waals surface area contributed by atoms with Crippen molar-refractivity contribution in [1.29, 1.82) is 0 Å². The number of carbonyl (C=O) groups excluding carboxylic acids is 4. The van der Waals surface area contributed by atoms with Gasteiger partial charge >= 0.3 is 39.5 Å². The van der Waals surface area contributed by atoms with Crippen molar-refractivity contribution < 1.29 is 80.2 Å². The summed E-state index contributed by atoms with van der Waals surface area (Å²) in [5.74, 6) is -2.30. The van der Waals surface area contributed by atoms with E-state index in [-0.39, 0.29) is 25.7 Å². The molecule has 0 spiro atoms. The monoisotopic (exact) mass is 1450 g/mol. The fraction of sp³-hybridized carbons (Fsp3) is 0.728. The molecule has 0 heterocycles. The average molecular weight is 1450 g/mol. The standard InChI is InChI=1S/C81H140O17P2/c1-5-9-13-17-21-25-29-33-35-37-39-43-46-50-54-58-62-66-79(84)92-72-77(98-81(86)68-64-60-56-52-48-44-40-38-36-34-30-26-22-18-14-10-6-2)74-96-100(89,90)94-70-75(82)69-93-99(87,88)95-73-76(97-80(85)67-63-59-55-51-47-42-32-28-24-20-16-12-8-4)71-91-78(83)65-61-57-53-49-45-41-31-27-23-19-15-11-7-3/h21-22,25-27,31,33-36,39-40,43-44,50,52,54,56,75-77,82H,5-20,23-24,28-30,32,37-38,41-42,45-49,51,53,55,57-74H2,1-4H3,(H,87,88)(H,89,90)/b25-21-,26-22-,31-27-,35-33-,36-34-,43-39-,44-40-,54-50-,56-52-/t75-,76+,77+/m0/s1. The molecule has 2 unspecified atom stereocenters. The van der Waals surface area contributed by atoms with Gasteiger partial charge in [0, 0.05) is 25.7 Å². The molecule has 0 aromatic rings. The van der Waals surface area contributed by atoms with E-state index in [1.54, 1.807) is 0 Å². The molecule has 17 nitrogen and oxygen atoms in total. The number of hydrogen-bond acceptors (Lipinski definition) is 15. The van der Waals surface area contributed by atoms with E-state index in [1.807, 2.05) is 24.3 Å². The van der Waals surface area contributed by atoms with Gasteiger partial charge in [-0.3, -0.25) is 37.3 Å². The Labute approximate surface area is 607 Å². The third-order valence-electron chi connectivity index (χ3n) is 16.2. The predicted octanol–water partition coefficient (Wildman–Crippen LogP) is 22.6. The van der Waals surface area contributed by atoms with E-state index in [1.165, 1.54) is 116 Å². The van der Waals surface area contributed by atoms with Gasteiger partial charge in [-0.15, -0.1) is 0 Å². The summed E-state index contributed by atoms with van der Waals surface area (Å²) in [6.45, 7) is 4.69. The maximum absolute atomic E-state index is 13.1. The highest BCUT2D eigenvalue weighted by Gasteiger charge is 2.30. The second-order valence-corrected chi connectivity index (χ2v) is 28.9. The molecule has 100 heavy (non-hydrogen) atoms. The van der Waals surface area contributed by atoms with E-state index in [2.05, 4.69) is 113 Å². The molecule has 0 aromatic carbocycles. The molecule has 0 fully saturated rings. The van der Waals surface area contributed by atoms with E-state index < -0.39 is 97.5 Å². The Morgan fingerprint density at radius 1 is 0.280 bits per heavy atom. The number of rotatable bonds is 73. The maximum Gasteiger partial charge on any atom is 0.472 e. The molecule has 0 rings (SSSR count). The Kier molecular flexibility index (Phi) is 69.9. The van der Waals surface area contributed by atoms with Gasteiger partial charge in [0.25, 0.3) is 0 Å². The van der Waals surface area contributed by atoms with E-state index in [0.29, 0.717) is 38.5 Å². The number of ether oxygens (including phenoxy) is 4. The minimum Gasteiger partial charge on any atom is -0.462 e. The number of hydrogen-bond donors (Lipinski definition) is 3. The van der Waals surface area contributed by atoms with Crippen LogP contribution in [0.25, 0.3) is 0 Å². The van der Waals surface area contributed by atoms with E-state index in [4.69, 9.17) is 37.0 Å². The van der Waals surface area contributed by atoms with Crippen LogP contribution in [0.5, 0.6) is 0 Å². The van der Waals surface area contributed by atoms with Crippen LogP contribution in [0.15, 0.2) is 109 Å². The van der Waals surface area contributed by atoms with Gasteiger partial charge in [0.05, 0.1) is 26.4 Å². The largest absolute Gasteiger partial charge is 0.472 e. The zero-order valence-corrected chi connectivity index (χ0v) is 64.6. The molecule has 5 atom stereocenters. The first kappa shape index (κ1) is 95.7. The third kappa shape index (κ3) is 72.1. The van der Waals surface area contributed by atoms with Gasteiger partial charge in [-0.25, -0.2) is 9.13 Å². The fourth-order valence-electron chi connectivity index (χ4n) is 10.2. The lowest BCUT2D eigenvalue weighted by Crippen LogP contribution is -2.30. The van der Waals surface area contributed by atoms with Crippen molar-refractivity contribution in [3.63, 3.8) is 0 Å². The highest BCUT2D eigenvalue weighted by molar-refractivity contribution is 7.47. The Hall–Kier alpha value is -4.28. The predicted molar refractivity (Wildman–Crippen MR) is 408 cm³/mol. The summed E-state index contributed by atoms with van der Waals surface area (Å²) in [5.41, 5.74) is 0. The van der Waals surface area contributed by atoms with Gasteiger partial charge in [-0.2, -0.15) is 0 Å². The molecule has 3 N–H and O–H groups in total. The lowest BCUT2D eigenvalue weighted by molar-refractivity contribution is -0.161. The highest BCUT2D eigenvalue weighted by Crippen LogP contribution is 2.45. The summed E-state index contributed by atoms with van der Waals surface area (Å²) < 4.78 is 68.4. The quantitative estimate of drug-likeness (QED) is 0.0169. The molecule has 0 saturated carbocycles. The lowest BCUT2D eigenvalue weighted by atomic mass is 10.0. The van der Waals surface area contributed by atoms with Gasteiger partial charge < -0.3 is 33.8 Å². The van der Waals surface area contributed by atoms with Gasteiger partial charge in [-0.05, 0) is 128 Å². The smallest absolute Gasteiger partial charge is 0.462 e. The summed E-state index contributed by atoms with van der Waals surface area (Å²) >= 11 is 0. The van der Waals surface area contributed by atoms with E-state index in [0.717, 1.165) is 116 Å². The van der Waals surface area contributed by atoms with Crippen LogP contribution in [0.3, 0.4) is 0 Å². The van der Waals surface area contributed by atoms with Crippen molar-refractivity contribution >= 4 is 39.5 Å². The van der Waals surface area contributed by atoms with Crippen molar-refractivity contribution in [2.75, 3.05) is 39.6 Å². The van der Waals surface area contributed by atoms with Crippen LogP contribution in [0.4, 0.5) is 0 Å². The number of unbranched alkanes of at least 4 members (excludes halogenated alkanes) is 29. The number of esters is 4. The summed E-state index contributed by atoms with van der Waals surface area (Å²) in [6.07, 6.45) is 78.0. The van der Waals surface area contributed by atoms with Crippen molar-refractivity contribution in [3.05, 3.63) is 109 Å². The molecule has 0 radical (unpaired) electrons. The molecule has 0 aliphatic rings. The first-order valence-corrected chi connectivity index (χ1v) is 42.1. The van der Waals surface area contributed by atoms with E-state index >= 15 is 0 Å². The summed E-state index contributed by atoms with van der Waals surface area (Å²) in [7, 11) is -9.98. The van der Waals surface area contributed by atoms with Crippen LogP contribution in [-0.4, -0.2) is 96.7 Å². The van der Waals surface area contributed by atoms with Crippen molar-refractivity contribution in [1.82, 2.24) is 0 Å². The molecule has 0 aliphatic carbocycles. The molecular weight excluding hydrogens is 1310 g/mol. The zero-order valence-electron chi connectivity index (χ0n) is 62.8. The number of allylic oxidation sites excluding steroid dienone is 18. The first-order chi connectivity index (χ1) is 48.7. The van der Waals surface area contributed by atoms with Crippen LogP contribution in [0, 0.1) is 0 Å². The van der Waals surface area contributed by atoms with Gasteiger partial charge in [-0.1, -0.05) is 278 Å². The van der Waals surface area contributed by atoms with Crippen LogP contribution < -0.4 is 0 Å².